The number of ether oxygens (including phenoxy) is 2. The van der Waals surface area contributed by atoms with Crippen LogP contribution in [-0.2, 0) is 14.3 Å². The first-order valence-electron chi connectivity index (χ1n) is 6.67. The molecule has 2 N–H and O–H groups in total. The molecule has 0 bridgehead atoms. The summed E-state index contributed by atoms with van der Waals surface area (Å²) in [6.45, 7) is 8.32. The van der Waals surface area contributed by atoms with Crippen LogP contribution in [0.4, 0.5) is 0 Å². The van der Waals surface area contributed by atoms with Crippen molar-refractivity contribution in [1.82, 2.24) is 4.90 Å². The van der Waals surface area contributed by atoms with Gasteiger partial charge in [-0.05, 0) is 0 Å². The van der Waals surface area contributed by atoms with E-state index in [1.807, 2.05) is 25.7 Å². The van der Waals surface area contributed by atoms with Gasteiger partial charge in [0.25, 0.3) is 0 Å². The fourth-order valence-electron chi connectivity index (χ4n) is 2.52. The van der Waals surface area contributed by atoms with Crippen LogP contribution in [0, 0.1) is 5.41 Å². The summed E-state index contributed by atoms with van der Waals surface area (Å²) in [6, 6.07) is 0. The topological polar surface area (TPSA) is 64.8 Å². The molecule has 1 amide bonds. The van der Waals surface area contributed by atoms with Gasteiger partial charge < -0.3 is 20.1 Å². The van der Waals surface area contributed by atoms with Gasteiger partial charge >= 0.3 is 0 Å². The van der Waals surface area contributed by atoms with Crippen molar-refractivity contribution < 1.29 is 14.3 Å². The van der Waals surface area contributed by atoms with Crippen LogP contribution >= 0.6 is 0 Å². The van der Waals surface area contributed by atoms with Gasteiger partial charge in [-0.25, -0.2) is 0 Å². The van der Waals surface area contributed by atoms with Crippen molar-refractivity contribution in [2.24, 2.45) is 11.1 Å². The largest absolute Gasteiger partial charge is 0.347 e. The third-order valence-corrected chi connectivity index (χ3v) is 3.63. The summed E-state index contributed by atoms with van der Waals surface area (Å²) >= 11 is 0. The van der Waals surface area contributed by atoms with E-state index in [0.29, 0.717) is 26.2 Å². The Morgan fingerprint density at radius 3 is 2.44 bits per heavy atom. The average Bonchev–Trinajstić information content (AvgIpc) is 2.72. The summed E-state index contributed by atoms with van der Waals surface area (Å²) in [5.41, 5.74) is 5.27. The normalized spacial score (nSPS) is 27.8. The molecule has 2 aliphatic rings. The van der Waals surface area contributed by atoms with Crippen molar-refractivity contribution in [3.8, 4) is 0 Å². The number of nitrogens with zero attached hydrogens (tertiary/aromatic N) is 1. The van der Waals surface area contributed by atoms with E-state index in [1.54, 1.807) is 0 Å². The maximum atomic E-state index is 12.2. The molecule has 2 saturated heterocycles. The van der Waals surface area contributed by atoms with Crippen LogP contribution in [0.25, 0.3) is 0 Å². The molecule has 1 spiro atoms. The van der Waals surface area contributed by atoms with Crippen molar-refractivity contribution in [3.05, 3.63) is 0 Å². The number of likely N-dealkylation sites (tertiary alicyclic amines) is 1. The molecular formula is C13H24N2O3. The van der Waals surface area contributed by atoms with E-state index >= 15 is 0 Å². The first-order valence-corrected chi connectivity index (χ1v) is 6.67. The lowest BCUT2D eigenvalue weighted by molar-refractivity contribution is -0.196. The number of piperidine rings is 1. The van der Waals surface area contributed by atoms with Gasteiger partial charge in [0.2, 0.25) is 5.91 Å². The predicted octanol–water partition coefficient (Wildman–Crippen LogP) is 0.725. The predicted molar refractivity (Wildman–Crippen MR) is 67.9 cm³/mol. The Labute approximate surface area is 109 Å². The summed E-state index contributed by atoms with van der Waals surface area (Å²) < 4.78 is 11.6. The molecule has 5 nitrogen and oxygen atoms in total. The Bertz CT molecular complexity index is 317. The summed E-state index contributed by atoms with van der Waals surface area (Å²) in [5, 5.41) is 0. The second-order valence-electron chi connectivity index (χ2n) is 6.24. The SMILES string of the molecule is CC(C)(C)C(=O)N1CCC2(CC1)OCC(CN)O2. The molecule has 1 unspecified atom stereocenters. The minimum absolute atomic E-state index is 0.00914. The van der Waals surface area contributed by atoms with E-state index in [-0.39, 0.29) is 17.4 Å². The molecular weight excluding hydrogens is 232 g/mol. The third-order valence-electron chi connectivity index (χ3n) is 3.63. The minimum Gasteiger partial charge on any atom is -0.347 e. The number of carbonyl (C=O) groups is 1. The highest BCUT2D eigenvalue weighted by Crippen LogP contribution is 2.34. The molecule has 2 rings (SSSR count). The molecule has 0 aliphatic carbocycles. The Kier molecular flexibility index (Phi) is 3.67. The number of rotatable bonds is 1. The van der Waals surface area contributed by atoms with Crippen LogP contribution in [0.3, 0.4) is 0 Å². The van der Waals surface area contributed by atoms with Gasteiger partial charge in [-0.2, -0.15) is 0 Å². The van der Waals surface area contributed by atoms with Gasteiger partial charge in [0.1, 0.15) is 0 Å². The van der Waals surface area contributed by atoms with Crippen LogP contribution in [0.5, 0.6) is 0 Å². The zero-order valence-corrected chi connectivity index (χ0v) is 11.6. The standard InChI is InChI=1S/C13H24N2O3/c1-12(2,3)11(16)15-6-4-13(5-7-15)17-9-10(8-14)18-13/h10H,4-9,14H2,1-3H3. The van der Waals surface area contributed by atoms with Gasteiger partial charge in [-0.15, -0.1) is 0 Å². The molecule has 5 heteroatoms. The van der Waals surface area contributed by atoms with Crippen molar-refractivity contribution in [3.63, 3.8) is 0 Å². The highest BCUT2D eigenvalue weighted by atomic mass is 16.7. The van der Waals surface area contributed by atoms with Crippen LogP contribution in [-0.4, -0.2) is 48.9 Å². The smallest absolute Gasteiger partial charge is 0.227 e. The highest BCUT2D eigenvalue weighted by molar-refractivity contribution is 5.81. The first kappa shape index (κ1) is 13.8. The third kappa shape index (κ3) is 2.68. The first-order chi connectivity index (χ1) is 8.36. The van der Waals surface area contributed by atoms with E-state index in [0.717, 1.165) is 12.8 Å². The fourth-order valence-corrected chi connectivity index (χ4v) is 2.52. The lowest BCUT2D eigenvalue weighted by Crippen LogP contribution is -2.50. The van der Waals surface area contributed by atoms with Gasteiger partial charge in [0.15, 0.2) is 5.79 Å². The molecule has 18 heavy (non-hydrogen) atoms. The molecule has 0 aromatic rings. The lowest BCUT2D eigenvalue weighted by atomic mass is 9.92. The molecule has 0 aromatic carbocycles. The monoisotopic (exact) mass is 256 g/mol. The van der Waals surface area contributed by atoms with Crippen molar-refractivity contribution >= 4 is 5.91 Å². The van der Waals surface area contributed by atoms with Gasteiger partial charge in [-0.3, -0.25) is 4.79 Å². The molecule has 104 valence electrons. The van der Waals surface area contributed by atoms with E-state index in [2.05, 4.69) is 0 Å². The molecule has 0 saturated carbocycles. The summed E-state index contributed by atoms with van der Waals surface area (Å²) in [7, 11) is 0. The molecule has 2 aliphatic heterocycles. The van der Waals surface area contributed by atoms with Crippen molar-refractivity contribution in [1.29, 1.82) is 0 Å². The quantitative estimate of drug-likeness (QED) is 0.751. The van der Waals surface area contributed by atoms with Gasteiger partial charge in [0, 0.05) is 37.9 Å². The van der Waals surface area contributed by atoms with Crippen LogP contribution < -0.4 is 5.73 Å². The Morgan fingerprint density at radius 1 is 1.39 bits per heavy atom. The second kappa shape index (κ2) is 4.79. The molecule has 0 aromatic heterocycles. The molecule has 2 heterocycles. The summed E-state index contributed by atoms with van der Waals surface area (Å²) in [5.74, 6) is -0.288. The van der Waals surface area contributed by atoms with E-state index in [4.69, 9.17) is 15.2 Å². The molecule has 2 fully saturated rings. The zero-order valence-electron chi connectivity index (χ0n) is 11.6. The van der Waals surface area contributed by atoms with Crippen LogP contribution in [0.15, 0.2) is 0 Å². The lowest BCUT2D eigenvalue weighted by Gasteiger charge is -2.40. The summed E-state index contributed by atoms with van der Waals surface area (Å²) in [6.07, 6.45) is 1.49. The van der Waals surface area contributed by atoms with E-state index in [1.165, 1.54) is 0 Å². The van der Waals surface area contributed by atoms with Crippen molar-refractivity contribution in [2.45, 2.75) is 45.5 Å². The van der Waals surface area contributed by atoms with Gasteiger partial charge in [-0.1, -0.05) is 20.8 Å². The number of hydrogen-bond acceptors (Lipinski definition) is 4. The Morgan fingerprint density at radius 2 is 2.00 bits per heavy atom. The fraction of sp³-hybridized carbons (Fsp3) is 0.923. The number of carbonyl (C=O) groups excluding carboxylic acids is 1. The molecule has 0 radical (unpaired) electrons. The molecule has 1 atom stereocenters. The number of nitrogens with two attached hydrogens (primary N) is 1. The zero-order chi connectivity index (χ0) is 13.4. The van der Waals surface area contributed by atoms with E-state index < -0.39 is 5.79 Å². The summed E-state index contributed by atoms with van der Waals surface area (Å²) in [4.78, 5) is 14.1. The number of hydrogen-bond donors (Lipinski definition) is 1. The number of amides is 1. The Hall–Kier alpha value is -0.650. The highest BCUT2D eigenvalue weighted by Gasteiger charge is 2.45. The van der Waals surface area contributed by atoms with Crippen LogP contribution in [0.2, 0.25) is 0 Å². The van der Waals surface area contributed by atoms with E-state index in [9.17, 15) is 4.79 Å². The maximum Gasteiger partial charge on any atom is 0.227 e. The minimum atomic E-state index is -0.487. The average molecular weight is 256 g/mol. The van der Waals surface area contributed by atoms with Gasteiger partial charge in [0.05, 0.1) is 12.7 Å². The maximum absolute atomic E-state index is 12.2. The Balaban J connectivity index is 1.91. The second-order valence-corrected chi connectivity index (χ2v) is 6.24. The van der Waals surface area contributed by atoms with Crippen LogP contribution in [0.1, 0.15) is 33.6 Å². The van der Waals surface area contributed by atoms with Crippen molar-refractivity contribution in [2.75, 3.05) is 26.2 Å².